The summed E-state index contributed by atoms with van der Waals surface area (Å²) in [5.74, 6) is -0.109. The van der Waals surface area contributed by atoms with Gasteiger partial charge in [-0.2, -0.15) is 0 Å². The van der Waals surface area contributed by atoms with Crippen LogP contribution in [-0.2, 0) is 11.3 Å². The van der Waals surface area contributed by atoms with E-state index in [1.807, 2.05) is 22.9 Å². The molecule has 0 aromatic carbocycles. The minimum atomic E-state index is -0.111. The van der Waals surface area contributed by atoms with Crippen molar-refractivity contribution in [3.8, 4) is 0 Å². The van der Waals surface area contributed by atoms with E-state index >= 15 is 0 Å². The number of aromatic nitrogens is 2. The highest BCUT2D eigenvalue weighted by molar-refractivity contribution is 6.14. The van der Waals surface area contributed by atoms with Crippen LogP contribution in [0.15, 0.2) is 40.9 Å². The van der Waals surface area contributed by atoms with Crippen molar-refractivity contribution in [2.45, 2.75) is 25.3 Å². The number of aliphatic hydroxyl groups is 3. The first-order chi connectivity index (χ1) is 16.1. The molecule has 2 aromatic heterocycles. The van der Waals surface area contributed by atoms with E-state index in [2.05, 4.69) is 19.8 Å². The summed E-state index contributed by atoms with van der Waals surface area (Å²) in [4.78, 5) is 26.2. The summed E-state index contributed by atoms with van der Waals surface area (Å²) in [5.41, 5.74) is 2.09. The van der Waals surface area contributed by atoms with Crippen LogP contribution in [-0.4, -0.2) is 106 Å². The number of aliphatic imine (C=N–C) groups is 1. The number of fused-ring (bicyclic) bond motifs is 1. The fraction of sp³-hybridized carbons (Fsp3) is 0.542. The standard InChI is InChI=1S/C24H33N5O4/c30-13-11-28-9-7-27(8-10-28)6-4-25-17-21-22(32)15-18(16-23(21)33)19-1-3-26-24-20(19)2-5-29(24)12-14-31/h1-3,5,17-18,30-32H,4,6-16H2. The molecular formula is C24H33N5O4. The number of carbonyl (C=O) groups excluding carboxylic acids is 1. The largest absolute Gasteiger partial charge is 0.511 e. The number of Topliss-reactive ketones (excluding diaryl/α,β-unsaturated/α-hetero) is 1. The summed E-state index contributed by atoms with van der Waals surface area (Å²) in [7, 11) is 0. The van der Waals surface area contributed by atoms with E-state index in [-0.39, 0.29) is 30.7 Å². The molecule has 1 atom stereocenters. The molecule has 1 fully saturated rings. The van der Waals surface area contributed by atoms with Crippen LogP contribution in [0.3, 0.4) is 0 Å². The third kappa shape index (κ3) is 5.50. The molecule has 2 aromatic rings. The Labute approximate surface area is 193 Å². The Morgan fingerprint density at radius 2 is 1.76 bits per heavy atom. The van der Waals surface area contributed by atoms with Gasteiger partial charge >= 0.3 is 0 Å². The molecule has 0 amide bonds. The molecular weight excluding hydrogens is 422 g/mol. The van der Waals surface area contributed by atoms with Crippen molar-refractivity contribution in [1.29, 1.82) is 0 Å². The molecule has 2 aliphatic rings. The van der Waals surface area contributed by atoms with Crippen LogP contribution in [0, 0.1) is 0 Å². The average Bonchev–Trinajstić information content (AvgIpc) is 3.22. The van der Waals surface area contributed by atoms with Crippen LogP contribution >= 0.6 is 0 Å². The number of aliphatic hydroxyl groups excluding tert-OH is 3. The SMILES string of the molecule is O=C1CC(c2ccnc3c2ccn3CCO)CC(O)=C1C=NCCN1CCN(CCO)CC1. The summed E-state index contributed by atoms with van der Waals surface area (Å²) in [6, 6.07) is 3.87. The van der Waals surface area contributed by atoms with Crippen LogP contribution in [0.25, 0.3) is 11.0 Å². The Kier molecular flexibility index (Phi) is 7.87. The second-order valence-electron chi connectivity index (χ2n) is 8.70. The maximum Gasteiger partial charge on any atom is 0.168 e. The minimum absolute atomic E-state index is 0.0315. The summed E-state index contributed by atoms with van der Waals surface area (Å²) in [6.07, 6.45) is 5.86. The fourth-order valence-electron chi connectivity index (χ4n) is 4.77. The lowest BCUT2D eigenvalue weighted by Crippen LogP contribution is -2.47. The maximum atomic E-state index is 12.8. The Morgan fingerprint density at radius 3 is 2.45 bits per heavy atom. The number of carbonyl (C=O) groups is 1. The number of hydrogen-bond donors (Lipinski definition) is 3. The van der Waals surface area contributed by atoms with Crippen molar-refractivity contribution in [3.05, 3.63) is 41.4 Å². The highest BCUT2D eigenvalue weighted by Gasteiger charge is 2.29. The van der Waals surface area contributed by atoms with E-state index in [1.165, 1.54) is 6.21 Å². The van der Waals surface area contributed by atoms with Gasteiger partial charge in [0.1, 0.15) is 11.4 Å². The second-order valence-corrected chi connectivity index (χ2v) is 8.70. The van der Waals surface area contributed by atoms with E-state index in [1.54, 1.807) is 6.20 Å². The molecule has 0 saturated carbocycles. The molecule has 3 heterocycles. The zero-order valence-corrected chi connectivity index (χ0v) is 18.9. The zero-order valence-electron chi connectivity index (χ0n) is 18.9. The van der Waals surface area contributed by atoms with Gasteiger partial charge in [0.05, 0.1) is 25.3 Å². The van der Waals surface area contributed by atoms with Gasteiger partial charge in [-0.3, -0.25) is 19.6 Å². The maximum absolute atomic E-state index is 12.8. The molecule has 0 radical (unpaired) electrons. The van der Waals surface area contributed by atoms with Crippen molar-refractivity contribution in [2.75, 3.05) is 59.0 Å². The average molecular weight is 456 g/mol. The number of pyridine rings is 1. The molecule has 4 rings (SSSR count). The van der Waals surface area contributed by atoms with Gasteiger partial charge in [-0.25, -0.2) is 4.98 Å². The number of rotatable bonds is 9. The summed E-state index contributed by atoms with van der Waals surface area (Å²) in [6.45, 7) is 6.60. The molecule has 1 unspecified atom stereocenters. The smallest absolute Gasteiger partial charge is 0.168 e. The van der Waals surface area contributed by atoms with Gasteiger partial charge in [0.25, 0.3) is 0 Å². The first-order valence-electron chi connectivity index (χ1n) is 11.7. The van der Waals surface area contributed by atoms with Crippen LogP contribution in [0.4, 0.5) is 0 Å². The van der Waals surface area contributed by atoms with Gasteiger partial charge in [0.15, 0.2) is 5.78 Å². The molecule has 178 valence electrons. The quantitative estimate of drug-likeness (QED) is 0.483. The summed E-state index contributed by atoms with van der Waals surface area (Å²) in [5, 5.41) is 29.9. The molecule has 3 N–H and O–H groups in total. The number of piperazine rings is 1. The van der Waals surface area contributed by atoms with E-state index < -0.39 is 0 Å². The zero-order chi connectivity index (χ0) is 23.2. The molecule has 1 saturated heterocycles. The predicted octanol–water partition coefficient (Wildman–Crippen LogP) is 0.968. The minimum Gasteiger partial charge on any atom is -0.511 e. The number of ketones is 1. The molecule has 1 aliphatic carbocycles. The Bertz CT molecular complexity index is 1020. The topological polar surface area (TPSA) is 114 Å². The Morgan fingerprint density at radius 1 is 1.03 bits per heavy atom. The Hall–Kier alpha value is -2.59. The number of hydrogen-bond acceptors (Lipinski definition) is 8. The highest BCUT2D eigenvalue weighted by Crippen LogP contribution is 2.36. The first-order valence-corrected chi connectivity index (χ1v) is 11.7. The molecule has 0 spiro atoms. The van der Waals surface area contributed by atoms with Crippen molar-refractivity contribution < 1.29 is 20.1 Å². The summed E-state index contributed by atoms with van der Waals surface area (Å²) < 4.78 is 1.89. The van der Waals surface area contributed by atoms with Crippen molar-refractivity contribution in [2.24, 2.45) is 4.99 Å². The third-order valence-electron chi connectivity index (χ3n) is 6.61. The fourth-order valence-corrected chi connectivity index (χ4v) is 4.77. The third-order valence-corrected chi connectivity index (χ3v) is 6.61. The highest BCUT2D eigenvalue weighted by atomic mass is 16.3. The monoisotopic (exact) mass is 455 g/mol. The normalized spacial score (nSPS) is 21.0. The Balaban J connectivity index is 1.36. The molecule has 9 nitrogen and oxygen atoms in total. The van der Waals surface area contributed by atoms with Gasteiger partial charge in [-0.15, -0.1) is 0 Å². The van der Waals surface area contributed by atoms with E-state index in [0.29, 0.717) is 31.5 Å². The second kappa shape index (κ2) is 11.0. The van der Waals surface area contributed by atoms with E-state index in [9.17, 15) is 15.0 Å². The first kappa shape index (κ1) is 23.6. The van der Waals surface area contributed by atoms with Gasteiger partial charge < -0.3 is 19.9 Å². The van der Waals surface area contributed by atoms with Gasteiger partial charge in [0.2, 0.25) is 0 Å². The van der Waals surface area contributed by atoms with Gasteiger partial charge in [-0.05, 0) is 23.6 Å². The van der Waals surface area contributed by atoms with Crippen LogP contribution in [0.1, 0.15) is 24.3 Å². The molecule has 0 bridgehead atoms. The van der Waals surface area contributed by atoms with E-state index in [0.717, 1.165) is 55.9 Å². The van der Waals surface area contributed by atoms with Gasteiger partial charge in [-0.1, -0.05) is 0 Å². The number of β-amino-alcohol motifs (C(OH)–C–C–N with tert-alkyl or cyclic N) is 1. The lowest BCUT2D eigenvalue weighted by Gasteiger charge is -2.33. The summed E-state index contributed by atoms with van der Waals surface area (Å²) >= 11 is 0. The molecule has 33 heavy (non-hydrogen) atoms. The molecule has 9 heteroatoms. The van der Waals surface area contributed by atoms with Crippen molar-refractivity contribution >= 4 is 23.0 Å². The van der Waals surface area contributed by atoms with Crippen LogP contribution in [0.2, 0.25) is 0 Å². The van der Waals surface area contributed by atoms with Crippen molar-refractivity contribution in [1.82, 2.24) is 19.4 Å². The lowest BCUT2D eigenvalue weighted by atomic mass is 9.82. The number of nitrogens with zero attached hydrogens (tertiary/aromatic N) is 5. The predicted molar refractivity (Wildman–Crippen MR) is 127 cm³/mol. The van der Waals surface area contributed by atoms with Crippen LogP contribution < -0.4 is 0 Å². The van der Waals surface area contributed by atoms with Crippen LogP contribution in [0.5, 0.6) is 0 Å². The molecule has 1 aliphatic heterocycles. The number of allylic oxidation sites excluding steroid dienone is 2. The van der Waals surface area contributed by atoms with Gasteiger partial charge in [0, 0.05) is 82.6 Å². The van der Waals surface area contributed by atoms with E-state index in [4.69, 9.17) is 5.11 Å². The van der Waals surface area contributed by atoms with Crippen molar-refractivity contribution in [3.63, 3.8) is 0 Å². The lowest BCUT2D eigenvalue weighted by molar-refractivity contribution is -0.116.